The van der Waals surface area contributed by atoms with Crippen molar-refractivity contribution in [2.75, 3.05) is 0 Å². The maximum Gasteiger partial charge on any atom is 0.272 e. The van der Waals surface area contributed by atoms with E-state index in [0.717, 1.165) is 12.1 Å². The number of nitro groups is 1. The van der Waals surface area contributed by atoms with Crippen LogP contribution in [0.3, 0.4) is 0 Å². The van der Waals surface area contributed by atoms with E-state index < -0.39 is 25.5 Å². The van der Waals surface area contributed by atoms with Gasteiger partial charge in [0.2, 0.25) is 10.0 Å². The van der Waals surface area contributed by atoms with Crippen molar-refractivity contribution in [3.8, 4) is 6.07 Å². The molecule has 0 heterocycles. The third-order valence-corrected chi connectivity index (χ3v) is 3.02. The normalized spacial score (nSPS) is 10.8. The SMILES string of the molecule is Cc1c(C#N)cc([N+](=O)[O-])cc1S(N)(=O)=O. The number of nitrogens with zero attached hydrogens (tertiary/aromatic N) is 2. The second-order valence-corrected chi connectivity index (χ2v) is 4.56. The molecule has 0 aliphatic rings. The number of sulfonamides is 1. The summed E-state index contributed by atoms with van der Waals surface area (Å²) >= 11 is 0. The van der Waals surface area contributed by atoms with Gasteiger partial charge in [-0.05, 0) is 12.5 Å². The summed E-state index contributed by atoms with van der Waals surface area (Å²) in [5.41, 5.74) is -0.458. The first-order chi connectivity index (χ1) is 7.27. The zero-order valence-corrected chi connectivity index (χ0v) is 8.98. The average molecular weight is 241 g/mol. The van der Waals surface area contributed by atoms with Gasteiger partial charge in [0.05, 0.1) is 21.5 Å². The molecule has 1 aromatic rings. The van der Waals surface area contributed by atoms with E-state index in [1.807, 2.05) is 0 Å². The predicted octanol–water partition coefficient (Wildman–Crippen LogP) is 0.422. The average Bonchev–Trinajstić information content (AvgIpc) is 2.15. The number of nitriles is 1. The molecule has 0 radical (unpaired) electrons. The first-order valence-corrected chi connectivity index (χ1v) is 5.54. The van der Waals surface area contributed by atoms with Gasteiger partial charge in [0.15, 0.2) is 0 Å². The van der Waals surface area contributed by atoms with E-state index in [0.29, 0.717) is 0 Å². The van der Waals surface area contributed by atoms with Crippen LogP contribution in [0.25, 0.3) is 0 Å². The fraction of sp³-hybridized carbons (Fsp3) is 0.125. The lowest BCUT2D eigenvalue weighted by Gasteiger charge is -2.04. The summed E-state index contributed by atoms with van der Waals surface area (Å²) in [6.45, 7) is 1.36. The van der Waals surface area contributed by atoms with Crippen LogP contribution in [0.5, 0.6) is 0 Å². The minimum absolute atomic E-state index is 0.0850. The molecule has 8 heteroatoms. The molecule has 0 saturated heterocycles. The van der Waals surface area contributed by atoms with E-state index >= 15 is 0 Å². The van der Waals surface area contributed by atoms with Crippen LogP contribution in [0.15, 0.2) is 17.0 Å². The Bertz CT molecular complexity index is 600. The topological polar surface area (TPSA) is 127 Å². The van der Waals surface area contributed by atoms with E-state index in [1.165, 1.54) is 6.92 Å². The Kier molecular flexibility index (Phi) is 2.93. The molecule has 7 nitrogen and oxygen atoms in total. The number of nitro benzene ring substituents is 1. The van der Waals surface area contributed by atoms with Crippen molar-refractivity contribution in [1.82, 2.24) is 0 Å². The van der Waals surface area contributed by atoms with Gasteiger partial charge in [0.25, 0.3) is 5.69 Å². The largest absolute Gasteiger partial charge is 0.272 e. The molecule has 0 aromatic heterocycles. The quantitative estimate of drug-likeness (QED) is 0.592. The fourth-order valence-electron chi connectivity index (χ4n) is 1.19. The number of rotatable bonds is 2. The Morgan fingerprint density at radius 1 is 1.50 bits per heavy atom. The van der Waals surface area contributed by atoms with E-state index in [4.69, 9.17) is 10.4 Å². The maximum atomic E-state index is 11.1. The fourth-order valence-corrected chi connectivity index (χ4v) is 2.01. The Morgan fingerprint density at radius 2 is 2.06 bits per heavy atom. The third kappa shape index (κ3) is 2.16. The van der Waals surface area contributed by atoms with Crippen LogP contribution >= 0.6 is 0 Å². The molecule has 1 aromatic carbocycles. The number of hydrogen-bond acceptors (Lipinski definition) is 5. The third-order valence-electron chi connectivity index (χ3n) is 1.98. The summed E-state index contributed by atoms with van der Waals surface area (Å²) in [5, 5.41) is 24.1. The highest BCUT2D eigenvalue weighted by Crippen LogP contribution is 2.24. The van der Waals surface area contributed by atoms with Gasteiger partial charge in [-0.2, -0.15) is 5.26 Å². The van der Waals surface area contributed by atoms with Crippen molar-refractivity contribution < 1.29 is 13.3 Å². The lowest BCUT2D eigenvalue weighted by Crippen LogP contribution is -2.14. The molecule has 16 heavy (non-hydrogen) atoms. The zero-order valence-electron chi connectivity index (χ0n) is 8.17. The summed E-state index contributed by atoms with van der Waals surface area (Å²) in [6, 6.07) is 3.52. The lowest BCUT2D eigenvalue weighted by atomic mass is 10.1. The molecular weight excluding hydrogens is 234 g/mol. The molecule has 0 unspecified atom stereocenters. The van der Waals surface area contributed by atoms with Crippen molar-refractivity contribution >= 4 is 15.7 Å². The van der Waals surface area contributed by atoms with Crippen molar-refractivity contribution in [3.05, 3.63) is 33.4 Å². The number of nitrogens with two attached hydrogens (primary N) is 1. The summed E-state index contributed by atoms with van der Waals surface area (Å²) in [4.78, 5) is 9.33. The zero-order chi connectivity index (χ0) is 12.5. The monoisotopic (exact) mass is 241 g/mol. The number of benzene rings is 1. The predicted molar refractivity (Wildman–Crippen MR) is 53.9 cm³/mol. The van der Waals surface area contributed by atoms with Gasteiger partial charge < -0.3 is 0 Å². The molecular formula is C8H7N3O4S. The van der Waals surface area contributed by atoms with Crippen molar-refractivity contribution in [2.45, 2.75) is 11.8 Å². The summed E-state index contributed by atoms with van der Waals surface area (Å²) in [6.07, 6.45) is 0. The van der Waals surface area contributed by atoms with E-state index in [-0.39, 0.29) is 11.1 Å². The summed E-state index contributed by atoms with van der Waals surface area (Å²) in [7, 11) is -4.08. The Labute approximate surface area is 91.3 Å². The van der Waals surface area contributed by atoms with Crippen LogP contribution in [0, 0.1) is 28.4 Å². The molecule has 0 fully saturated rings. The Morgan fingerprint density at radius 3 is 2.44 bits per heavy atom. The minimum atomic E-state index is -4.08. The Hall–Kier alpha value is -1.98. The van der Waals surface area contributed by atoms with Crippen LogP contribution < -0.4 is 5.14 Å². The van der Waals surface area contributed by atoms with Crippen LogP contribution in [0.2, 0.25) is 0 Å². The van der Waals surface area contributed by atoms with Crippen LogP contribution in [0.1, 0.15) is 11.1 Å². The molecule has 0 bridgehead atoms. The minimum Gasteiger partial charge on any atom is -0.258 e. The van der Waals surface area contributed by atoms with Crippen LogP contribution in [-0.4, -0.2) is 13.3 Å². The first-order valence-electron chi connectivity index (χ1n) is 3.99. The smallest absolute Gasteiger partial charge is 0.258 e. The van der Waals surface area contributed by atoms with Crippen molar-refractivity contribution in [3.63, 3.8) is 0 Å². The number of primary sulfonamides is 1. The van der Waals surface area contributed by atoms with Gasteiger partial charge in [0.1, 0.15) is 0 Å². The molecule has 0 aliphatic carbocycles. The van der Waals surface area contributed by atoms with Crippen LogP contribution in [-0.2, 0) is 10.0 Å². The van der Waals surface area contributed by atoms with E-state index in [2.05, 4.69) is 0 Å². The second-order valence-electron chi connectivity index (χ2n) is 3.03. The summed E-state index contributed by atoms with van der Waals surface area (Å²) in [5.74, 6) is 0. The molecule has 0 aliphatic heterocycles. The van der Waals surface area contributed by atoms with Gasteiger partial charge in [-0.25, -0.2) is 13.6 Å². The van der Waals surface area contributed by atoms with Gasteiger partial charge in [-0.15, -0.1) is 0 Å². The summed E-state index contributed by atoms with van der Waals surface area (Å²) < 4.78 is 22.3. The maximum absolute atomic E-state index is 11.1. The van der Waals surface area contributed by atoms with Crippen molar-refractivity contribution in [2.24, 2.45) is 5.14 Å². The van der Waals surface area contributed by atoms with Gasteiger partial charge in [0, 0.05) is 12.1 Å². The second kappa shape index (κ2) is 3.88. The van der Waals surface area contributed by atoms with Gasteiger partial charge in [-0.3, -0.25) is 10.1 Å². The molecule has 0 spiro atoms. The van der Waals surface area contributed by atoms with Crippen LogP contribution in [0.4, 0.5) is 5.69 Å². The highest BCUT2D eigenvalue weighted by Gasteiger charge is 2.20. The van der Waals surface area contributed by atoms with E-state index in [1.54, 1.807) is 6.07 Å². The number of non-ortho nitro benzene ring substituents is 1. The first kappa shape index (κ1) is 12.1. The lowest BCUT2D eigenvalue weighted by molar-refractivity contribution is -0.385. The Balaban J connectivity index is 3.70. The highest BCUT2D eigenvalue weighted by atomic mass is 32.2. The molecule has 2 N–H and O–H groups in total. The molecule has 0 atom stereocenters. The van der Waals surface area contributed by atoms with Gasteiger partial charge in [-0.1, -0.05) is 0 Å². The molecule has 1 rings (SSSR count). The molecule has 0 saturated carbocycles. The van der Waals surface area contributed by atoms with E-state index in [9.17, 15) is 18.5 Å². The number of hydrogen-bond donors (Lipinski definition) is 1. The van der Waals surface area contributed by atoms with Crippen molar-refractivity contribution in [1.29, 1.82) is 5.26 Å². The molecule has 84 valence electrons. The molecule has 0 amide bonds. The standard InChI is InChI=1S/C8H7N3O4S/c1-5-6(4-9)2-7(11(12)13)3-8(5)16(10,14)15/h2-3H,1H3,(H2,10,14,15). The van der Waals surface area contributed by atoms with Gasteiger partial charge >= 0.3 is 0 Å². The highest BCUT2D eigenvalue weighted by molar-refractivity contribution is 7.89.